The second-order valence-electron chi connectivity index (χ2n) is 3.86. The Labute approximate surface area is 124 Å². The molecule has 0 spiro atoms. The number of aromatic nitrogens is 1. The van der Waals surface area contributed by atoms with Crippen molar-refractivity contribution in [1.82, 2.24) is 4.98 Å². The summed E-state index contributed by atoms with van der Waals surface area (Å²) in [5.74, 6) is 0. The molecule has 18 heavy (non-hydrogen) atoms. The van der Waals surface area contributed by atoms with Crippen molar-refractivity contribution in [2.45, 2.75) is 12.5 Å². The van der Waals surface area contributed by atoms with Gasteiger partial charge in [0, 0.05) is 38.9 Å². The lowest BCUT2D eigenvalue weighted by atomic mass is 10.0. The number of benzene rings is 1. The van der Waals surface area contributed by atoms with Crippen LogP contribution in [0.15, 0.2) is 41.1 Å². The van der Waals surface area contributed by atoms with Gasteiger partial charge in [0.2, 0.25) is 0 Å². The molecule has 2 nitrogen and oxygen atoms in total. The fourth-order valence-corrected chi connectivity index (χ4v) is 2.58. The summed E-state index contributed by atoms with van der Waals surface area (Å²) in [4.78, 5) is 4.02. The molecule has 2 aromatic rings. The molecule has 0 amide bonds. The van der Waals surface area contributed by atoms with Gasteiger partial charge in [0.15, 0.2) is 0 Å². The van der Waals surface area contributed by atoms with Crippen LogP contribution in [0.2, 0.25) is 10.0 Å². The molecule has 1 unspecified atom stereocenters. The monoisotopic (exact) mass is 345 g/mol. The fourth-order valence-electron chi connectivity index (χ4n) is 1.65. The molecule has 0 saturated carbocycles. The lowest BCUT2D eigenvalue weighted by molar-refractivity contribution is 0.178. The molecule has 1 aromatic heterocycles. The van der Waals surface area contributed by atoms with Gasteiger partial charge in [-0.1, -0.05) is 29.3 Å². The first kappa shape index (κ1) is 13.8. The van der Waals surface area contributed by atoms with Gasteiger partial charge in [0.1, 0.15) is 0 Å². The molecule has 1 aromatic carbocycles. The van der Waals surface area contributed by atoms with Crippen LogP contribution >= 0.6 is 39.1 Å². The maximum absolute atomic E-state index is 10.2. The quantitative estimate of drug-likeness (QED) is 0.891. The van der Waals surface area contributed by atoms with E-state index < -0.39 is 6.10 Å². The van der Waals surface area contributed by atoms with Gasteiger partial charge in [0.25, 0.3) is 0 Å². The fraction of sp³-hybridized carbons (Fsp3) is 0.154. The van der Waals surface area contributed by atoms with Crippen molar-refractivity contribution in [3.8, 4) is 0 Å². The number of aliphatic hydroxyl groups is 1. The van der Waals surface area contributed by atoms with Gasteiger partial charge < -0.3 is 5.11 Å². The van der Waals surface area contributed by atoms with Crippen LogP contribution in [0.5, 0.6) is 0 Å². The van der Waals surface area contributed by atoms with E-state index in [9.17, 15) is 5.11 Å². The van der Waals surface area contributed by atoms with Crippen LogP contribution in [0.25, 0.3) is 0 Å². The van der Waals surface area contributed by atoms with Gasteiger partial charge >= 0.3 is 0 Å². The summed E-state index contributed by atoms with van der Waals surface area (Å²) < 4.78 is 0.823. The van der Waals surface area contributed by atoms with Crippen LogP contribution in [0.3, 0.4) is 0 Å². The number of hydrogen-bond acceptors (Lipinski definition) is 2. The summed E-state index contributed by atoms with van der Waals surface area (Å²) in [6.45, 7) is 0. The highest BCUT2D eigenvalue weighted by Crippen LogP contribution is 2.29. The van der Waals surface area contributed by atoms with Gasteiger partial charge in [-0.05, 0) is 39.7 Å². The molecule has 5 heteroatoms. The van der Waals surface area contributed by atoms with E-state index in [1.807, 2.05) is 6.07 Å². The smallest absolute Gasteiger partial charge is 0.0846 e. The maximum Gasteiger partial charge on any atom is 0.0846 e. The Balaban J connectivity index is 2.24. The van der Waals surface area contributed by atoms with E-state index in [1.165, 1.54) is 0 Å². The van der Waals surface area contributed by atoms with Crippen LogP contribution in [0.1, 0.15) is 17.2 Å². The molecular weight excluding hydrogens is 337 g/mol. The van der Waals surface area contributed by atoms with Gasteiger partial charge in [0.05, 0.1) is 6.10 Å². The molecule has 0 aliphatic carbocycles. The normalized spacial score (nSPS) is 12.4. The number of hydrogen-bond donors (Lipinski definition) is 1. The molecule has 0 fully saturated rings. The minimum atomic E-state index is -0.688. The molecule has 0 bridgehead atoms. The highest BCUT2D eigenvalue weighted by molar-refractivity contribution is 9.10. The zero-order chi connectivity index (χ0) is 13.1. The largest absolute Gasteiger partial charge is 0.388 e. The van der Waals surface area contributed by atoms with Crippen LogP contribution < -0.4 is 0 Å². The number of halogens is 3. The predicted octanol–water partition coefficient (Wildman–Crippen LogP) is 4.43. The van der Waals surface area contributed by atoms with Crippen LogP contribution in [-0.4, -0.2) is 10.1 Å². The lowest BCUT2D eigenvalue weighted by Crippen LogP contribution is -2.03. The highest BCUT2D eigenvalue weighted by Gasteiger charge is 2.14. The Morgan fingerprint density at radius 3 is 2.50 bits per heavy atom. The summed E-state index contributed by atoms with van der Waals surface area (Å²) in [6, 6.07) is 7.12. The van der Waals surface area contributed by atoms with Crippen molar-refractivity contribution < 1.29 is 5.11 Å². The molecule has 0 aliphatic heterocycles. The van der Waals surface area contributed by atoms with Crippen molar-refractivity contribution in [3.05, 3.63) is 62.3 Å². The average molecular weight is 347 g/mol. The summed E-state index contributed by atoms with van der Waals surface area (Å²) in [5, 5.41) is 11.3. The van der Waals surface area contributed by atoms with Crippen molar-refractivity contribution >= 4 is 39.1 Å². The maximum atomic E-state index is 10.2. The number of nitrogens with zero attached hydrogens (tertiary/aromatic N) is 1. The second kappa shape index (κ2) is 6.02. The Bertz CT molecular complexity index is 542. The van der Waals surface area contributed by atoms with Gasteiger partial charge in [-0.25, -0.2) is 0 Å². The SMILES string of the molecule is OC(Cc1c(Cl)cccc1Cl)c1cncc(Br)c1. The second-order valence-corrected chi connectivity index (χ2v) is 5.59. The first-order valence-electron chi connectivity index (χ1n) is 5.29. The first-order chi connectivity index (χ1) is 8.58. The summed E-state index contributed by atoms with van der Waals surface area (Å²) >= 11 is 15.5. The molecule has 1 heterocycles. The van der Waals surface area contributed by atoms with Crippen LogP contribution in [0.4, 0.5) is 0 Å². The molecule has 94 valence electrons. The highest BCUT2D eigenvalue weighted by atomic mass is 79.9. The molecule has 0 saturated heterocycles. The van der Waals surface area contributed by atoms with E-state index in [0.717, 1.165) is 15.6 Å². The number of pyridine rings is 1. The topological polar surface area (TPSA) is 33.1 Å². The van der Waals surface area contributed by atoms with Crippen LogP contribution in [-0.2, 0) is 6.42 Å². The predicted molar refractivity (Wildman–Crippen MR) is 77.1 cm³/mol. The Hall–Kier alpha value is -0.610. The van der Waals surface area contributed by atoms with E-state index in [0.29, 0.717) is 16.5 Å². The van der Waals surface area contributed by atoms with E-state index in [2.05, 4.69) is 20.9 Å². The Kier molecular flexibility index (Phi) is 4.62. The van der Waals surface area contributed by atoms with Crippen molar-refractivity contribution in [3.63, 3.8) is 0 Å². The van der Waals surface area contributed by atoms with E-state index >= 15 is 0 Å². The minimum absolute atomic E-state index is 0.358. The third-order valence-electron chi connectivity index (χ3n) is 2.57. The first-order valence-corrected chi connectivity index (χ1v) is 6.84. The molecule has 0 radical (unpaired) electrons. The lowest BCUT2D eigenvalue weighted by Gasteiger charge is -2.13. The molecule has 0 aliphatic rings. The molecule has 2 rings (SSSR count). The third-order valence-corrected chi connectivity index (χ3v) is 3.71. The third kappa shape index (κ3) is 3.23. The summed E-state index contributed by atoms with van der Waals surface area (Å²) in [5.41, 5.74) is 1.47. The number of aliphatic hydroxyl groups excluding tert-OH is 1. The van der Waals surface area contributed by atoms with Crippen molar-refractivity contribution in [1.29, 1.82) is 0 Å². The molecular formula is C13H10BrCl2NO. The standard InChI is InChI=1S/C13H10BrCl2NO/c14-9-4-8(6-17-7-9)13(18)5-10-11(15)2-1-3-12(10)16/h1-4,6-7,13,18H,5H2. The van der Waals surface area contributed by atoms with Gasteiger partial charge in [-0.3, -0.25) is 4.98 Å². The zero-order valence-corrected chi connectivity index (χ0v) is 12.4. The van der Waals surface area contributed by atoms with E-state index in [4.69, 9.17) is 23.2 Å². The zero-order valence-electron chi connectivity index (χ0n) is 9.28. The summed E-state index contributed by atoms with van der Waals surface area (Å²) in [6.07, 6.45) is 2.96. The average Bonchev–Trinajstić information content (AvgIpc) is 2.34. The minimum Gasteiger partial charge on any atom is -0.388 e. The Morgan fingerprint density at radius 1 is 1.22 bits per heavy atom. The van der Waals surface area contributed by atoms with Crippen molar-refractivity contribution in [2.75, 3.05) is 0 Å². The van der Waals surface area contributed by atoms with E-state index in [1.54, 1.807) is 30.6 Å². The molecule has 1 N–H and O–H groups in total. The van der Waals surface area contributed by atoms with Gasteiger partial charge in [-0.15, -0.1) is 0 Å². The van der Waals surface area contributed by atoms with Crippen LogP contribution in [0, 0.1) is 0 Å². The van der Waals surface area contributed by atoms with Crippen molar-refractivity contribution in [2.24, 2.45) is 0 Å². The number of rotatable bonds is 3. The Morgan fingerprint density at radius 2 is 1.89 bits per heavy atom. The van der Waals surface area contributed by atoms with E-state index in [-0.39, 0.29) is 0 Å². The van der Waals surface area contributed by atoms with Gasteiger partial charge in [-0.2, -0.15) is 0 Å². The summed E-state index contributed by atoms with van der Waals surface area (Å²) in [7, 11) is 0. The molecule has 1 atom stereocenters.